The topological polar surface area (TPSA) is 75.2 Å². The summed E-state index contributed by atoms with van der Waals surface area (Å²) >= 11 is 1.45. The van der Waals surface area contributed by atoms with Gasteiger partial charge in [-0.1, -0.05) is 29.8 Å². The van der Waals surface area contributed by atoms with Crippen LogP contribution in [-0.4, -0.2) is 42.7 Å². The molecule has 1 aromatic carbocycles. The number of anilines is 1. The summed E-state index contributed by atoms with van der Waals surface area (Å²) in [6.45, 7) is 7.81. The van der Waals surface area contributed by atoms with Crippen molar-refractivity contribution in [2.24, 2.45) is 5.92 Å². The van der Waals surface area contributed by atoms with Crippen molar-refractivity contribution in [3.63, 3.8) is 0 Å². The zero-order valence-corrected chi connectivity index (χ0v) is 17.8. The number of aryl methyl sites for hydroxylation is 1. The van der Waals surface area contributed by atoms with E-state index in [1.165, 1.54) is 22.7 Å². The van der Waals surface area contributed by atoms with Crippen LogP contribution in [0.25, 0.3) is 0 Å². The second-order valence-corrected chi connectivity index (χ2v) is 10.6. The van der Waals surface area contributed by atoms with Gasteiger partial charge in [-0.2, -0.15) is 4.37 Å². The van der Waals surface area contributed by atoms with E-state index in [-0.39, 0.29) is 5.25 Å². The van der Waals surface area contributed by atoms with Crippen LogP contribution in [0.2, 0.25) is 0 Å². The molecule has 0 bridgehead atoms. The standard InChI is InChI=1S/C19H28N4O2S2/c1-14(2)27(24,25)20-13-17-8-10-23(11-9-17)19-21-18(22-26-19)12-16-6-4-15(3)5-7-16/h4-7,14,17,20H,8-13H2,1-3H3. The van der Waals surface area contributed by atoms with Crippen LogP contribution in [0.3, 0.4) is 0 Å². The van der Waals surface area contributed by atoms with Crippen LogP contribution in [-0.2, 0) is 16.4 Å². The molecular formula is C19H28N4O2S2. The van der Waals surface area contributed by atoms with Crippen LogP contribution in [0.15, 0.2) is 24.3 Å². The van der Waals surface area contributed by atoms with E-state index in [0.717, 1.165) is 43.3 Å². The summed E-state index contributed by atoms with van der Waals surface area (Å²) in [4.78, 5) is 6.97. The molecule has 0 aliphatic carbocycles. The zero-order chi connectivity index (χ0) is 19.4. The molecule has 2 heterocycles. The van der Waals surface area contributed by atoms with E-state index in [9.17, 15) is 8.42 Å². The lowest BCUT2D eigenvalue weighted by Crippen LogP contribution is -2.40. The summed E-state index contributed by atoms with van der Waals surface area (Å²) in [5.41, 5.74) is 2.48. The third kappa shape index (κ3) is 5.49. The van der Waals surface area contributed by atoms with Crippen molar-refractivity contribution in [2.75, 3.05) is 24.5 Å². The third-order valence-corrected chi connectivity index (χ3v) is 7.64. The summed E-state index contributed by atoms with van der Waals surface area (Å²) in [7, 11) is -3.18. The van der Waals surface area contributed by atoms with E-state index in [0.29, 0.717) is 12.5 Å². The van der Waals surface area contributed by atoms with Crippen LogP contribution in [0.1, 0.15) is 43.6 Å². The Morgan fingerprint density at radius 1 is 1.22 bits per heavy atom. The average Bonchev–Trinajstić information content (AvgIpc) is 3.11. The van der Waals surface area contributed by atoms with Gasteiger partial charge < -0.3 is 4.90 Å². The Balaban J connectivity index is 1.50. The Morgan fingerprint density at radius 3 is 2.52 bits per heavy atom. The summed E-state index contributed by atoms with van der Waals surface area (Å²) in [6, 6.07) is 8.47. The third-order valence-electron chi connectivity index (χ3n) is 5.02. The summed E-state index contributed by atoms with van der Waals surface area (Å²) in [5, 5.41) is 0.587. The van der Waals surface area contributed by atoms with Crippen molar-refractivity contribution in [3.8, 4) is 0 Å². The van der Waals surface area contributed by atoms with E-state index in [1.807, 2.05) is 0 Å². The molecule has 3 rings (SSSR count). The highest BCUT2D eigenvalue weighted by Gasteiger charge is 2.24. The first-order valence-corrected chi connectivity index (χ1v) is 11.8. The van der Waals surface area contributed by atoms with Gasteiger partial charge in [0.2, 0.25) is 15.2 Å². The lowest BCUT2D eigenvalue weighted by molar-refractivity contribution is 0.401. The molecule has 0 unspecified atom stereocenters. The Bertz CT molecular complexity index is 839. The van der Waals surface area contributed by atoms with E-state index >= 15 is 0 Å². The maximum Gasteiger partial charge on any atom is 0.213 e. The number of piperidine rings is 1. The molecular weight excluding hydrogens is 380 g/mol. The van der Waals surface area contributed by atoms with Crippen LogP contribution in [0.5, 0.6) is 0 Å². The van der Waals surface area contributed by atoms with Gasteiger partial charge in [0.1, 0.15) is 5.82 Å². The van der Waals surface area contributed by atoms with Gasteiger partial charge in [-0.3, -0.25) is 0 Å². The van der Waals surface area contributed by atoms with Gasteiger partial charge in [-0.15, -0.1) is 0 Å². The van der Waals surface area contributed by atoms with Gasteiger partial charge in [-0.25, -0.2) is 18.1 Å². The van der Waals surface area contributed by atoms with E-state index in [2.05, 4.69) is 45.2 Å². The Hall–Kier alpha value is -1.51. The van der Waals surface area contributed by atoms with Gasteiger partial charge in [0.15, 0.2) is 0 Å². The molecule has 0 atom stereocenters. The molecule has 1 aliphatic rings. The van der Waals surface area contributed by atoms with Gasteiger partial charge in [0.05, 0.1) is 5.25 Å². The molecule has 1 saturated heterocycles. The monoisotopic (exact) mass is 408 g/mol. The molecule has 1 aromatic heterocycles. The second kappa shape index (κ2) is 8.67. The minimum Gasteiger partial charge on any atom is -0.347 e. The average molecular weight is 409 g/mol. The zero-order valence-electron chi connectivity index (χ0n) is 16.2. The Kier molecular flexibility index (Phi) is 6.49. The number of benzene rings is 1. The smallest absolute Gasteiger partial charge is 0.213 e. The fraction of sp³-hybridized carbons (Fsp3) is 0.579. The van der Waals surface area contributed by atoms with Crippen molar-refractivity contribution in [2.45, 2.75) is 45.3 Å². The van der Waals surface area contributed by atoms with Crippen molar-refractivity contribution in [1.29, 1.82) is 0 Å². The number of sulfonamides is 1. The minimum atomic E-state index is -3.18. The van der Waals surface area contributed by atoms with Gasteiger partial charge in [0, 0.05) is 37.6 Å². The molecule has 148 valence electrons. The predicted octanol–water partition coefficient (Wildman–Crippen LogP) is 2.98. The fourth-order valence-electron chi connectivity index (χ4n) is 3.06. The van der Waals surface area contributed by atoms with Crippen molar-refractivity contribution < 1.29 is 8.42 Å². The summed E-state index contributed by atoms with van der Waals surface area (Å²) in [6.07, 6.45) is 2.69. The maximum atomic E-state index is 11.9. The van der Waals surface area contributed by atoms with Gasteiger partial charge in [0.25, 0.3) is 0 Å². The highest BCUT2D eigenvalue weighted by Crippen LogP contribution is 2.25. The van der Waals surface area contributed by atoms with Crippen LogP contribution in [0.4, 0.5) is 5.13 Å². The van der Waals surface area contributed by atoms with Crippen molar-refractivity contribution in [1.82, 2.24) is 14.1 Å². The number of nitrogens with one attached hydrogen (secondary N) is 1. The predicted molar refractivity (Wildman–Crippen MR) is 111 cm³/mol. The number of nitrogens with zero attached hydrogens (tertiary/aromatic N) is 3. The first kappa shape index (κ1) is 20.2. The van der Waals surface area contributed by atoms with Crippen LogP contribution in [0, 0.1) is 12.8 Å². The second-order valence-electron chi connectivity index (χ2n) is 7.53. The van der Waals surface area contributed by atoms with Crippen LogP contribution < -0.4 is 9.62 Å². The number of aromatic nitrogens is 2. The number of rotatable bonds is 7. The maximum absolute atomic E-state index is 11.9. The lowest BCUT2D eigenvalue weighted by Gasteiger charge is -2.31. The van der Waals surface area contributed by atoms with Crippen LogP contribution >= 0.6 is 11.5 Å². The minimum absolute atomic E-state index is 0.383. The molecule has 0 radical (unpaired) electrons. The molecule has 0 amide bonds. The quantitative estimate of drug-likeness (QED) is 0.762. The highest BCUT2D eigenvalue weighted by atomic mass is 32.2. The molecule has 6 nitrogen and oxygen atoms in total. The van der Waals surface area contributed by atoms with E-state index in [1.54, 1.807) is 13.8 Å². The molecule has 1 aliphatic heterocycles. The molecule has 1 fully saturated rings. The molecule has 1 N–H and O–H groups in total. The molecule has 8 heteroatoms. The molecule has 0 saturated carbocycles. The number of hydrogen-bond acceptors (Lipinski definition) is 6. The van der Waals surface area contributed by atoms with Gasteiger partial charge in [-0.05, 0) is 45.1 Å². The Morgan fingerprint density at radius 2 is 1.89 bits per heavy atom. The summed E-state index contributed by atoms with van der Waals surface area (Å²) in [5.74, 6) is 1.25. The van der Waals surface area contributed by atoms with E-state index < -0.39 is 10.0 Å². The Labute approximate surface area is 166 Å². The molecule has 2 aromatic rings. The molecule has 0 spiro atoms. The van der Waals surface area contributed by atoms with Crippen molar-refractivity contribution in [3.05, 3.63) is 41.2 Å². The molecule has 27 heavy (non-hydrogen) atoms. The fourth-order valence-corrected chi connectivity index (χ4v) is 4.60. The van der Waals surface area contributed by atoms with Crippen molar-refractivity contribution >= 4 is 26.7 Å². The van der Waals surface area contributed by atoms with E-state index in [4.69, 9.17) is 4.98 Å². The highest BCUT2D eigenvalue weighted by molar-refractivity contribution is 7.90. The number of hydrogen-bond donors (Lipinski definition) is 1. The SMILES string of the molecule is Cc1ccc(Cc2nsc(N3CCC(CNS(=O)(=O)C(C)C)CC3)n2)cc1. The van der Waals surface area contributed by atoms with Gasteiger partial charge >= 0.3 is 0 Å². The first-order chi connectivity index (χ1) is 12.8. The largest absolute Gasteiger partial charge is 0.347 e. The normalized spacial score (nSPS) is 16.2. The summed E-state index contributed by atoms with van der Waals surface area (Å²) < 4.78 is 31.0. The lowest BCUT2D eigenvalue weighted by atomic mass is 9.97. The first-order valence-electron chi connectivity index (χ1n) is 9.45.